The Labute approximate surface area is 96.2 Å². The van der Waals surface area contributed by atoms with Crippen molar-refractivity contribution in [3.63, 3.8) is 0 Å². The maximum Gasteiger partial charge on any atom is 0.221 e. The van der Waals surface area contributed by atoms with Crippen molar-refractivity contribution in [2.45, 2.75) is 45.1 Å². The minimum absolute atomic E-state index is 0.454. The summed E-state index contributed by atoms with van der Waals surface area (Å²) in [4.78, 5) is 8.84. The molecule has 0 radical (unpaired) electrons. The van der Waals surface area contributed by atoms with Crippen LogP contribution < -0.4 is 10.5 Å². The summed E-state index contributed by atoms with van der Waals surface area (Å²) >= 11 is 0. The standard InChI is InChI=1S/C12H19N3O/c1-8-14-11(9-5-3-4-6-9)10(7-13)12(15-8)16-2/h9H,3-7,13H2,1-2H3. The van der Waals surface area contributed by atoms with Crippen molar-refractivity contribution in [1.82, 2.24) is 9.97 Å². The first-order chi connectivity index (χ1) is 7.76. The Balaban J connectivity index is 2.44. The number of nitrogens with two attached hydrogens (primary N) is 1. The lowest BCUT2D eigenvalue weighted by atomic mass is 9.99. The zero-order valence-electron chi connectivity index (χ0n) is 9.99. The van der Waals surface area contributed by atoms with Crippen LogP contribution in [0.15, 0.2) is 0 Å². The van der Waals surface area contributed by atoms with Gasteiger partial charge in [-0.05, 0) is 19.8 Å². The first kappa shape index (κ1) is 11.3. The van der Waals surface area contributed by atoms with Crippen LogP contribution in [0, 0.1) is 6.92 Å². The molecule has 0 unspecified atom stereocenters. The summed E-state index contributed by atoms with van der Waals surface area (Å²) in [5.74, 6) is 1.97. The molecule has 2 N–H and O–H groups in total. The summed E-state index contributed by atoms with van der Waals surface area (Å²) in [5, 5.41) is 0. The number of rotatable bonds is 3. The van der Waals surface area contributed by atoms with E-state index in [1.54, 1.807) is 7.11 Å². The van der Waals surface area contributed by atoms with Crippen LogP contribution in [0.1, 0.15) is 48.7 Å². The zero-order chi connectivity index (χ0) is 11.5. The molecule has 1 heterocycles. The van der Waals surface area contributed by atoms with Gasteiger partial charge in [0.25, 0.3) is 0 Å². The van der Waals surface area contributed by atoms with E-state index in [4.69, 9.17) is 10.5 Å². The van der Waals surface area contributed by atoms with Crippen LogP contribution in [0.4, 0.5) is 0 Å². The van der Waals surface area contributed by atoms with Crippen LogP contribution in [0.25, 0.3) is 0 Å². The summed E-state index contributed by atoms with van der Waals surface area (Å²) < 4.78 is 5.29. The summed E-state index contributed by atoms with van der Waals surface area (Å²) in [5.41, 5.74) is 7.89. The Kier molecular flexibility index (Phi) is 3.39. The second-order valence-corrected chi connectivity index (χ2v) is 4.33. The van der Waals surface area contributed by atoms with E-state index in [1.165, 1.54) is 25.7 Å². The highest BCUT2D eigenvalue weighted by Crippen LogP contribution is 2.36. The smallest absolute Gasteiger partial charge is 0.221 e. The van der Waals surface area contributed by atoms with Crippen LogP contribution in [0.5, 0.6) is 5.88 Å². The molecule has 0 aliphatic heterocycles. The van der Waals surface area contributed by atoms with Crippen LogP contribution in [0.3, 0.4) is 0 Å². The molecule has 2 rings (SSSR count). The van der Waals surface area contributed by atoms with Gasteiger partial charge in [0, 0.05) is 18.0 Å². The third kappa shape index (κ3) is 2.02. The molecule has 4 nitrogen and oxygen atoms in total. The summed E-state index contributed by atoms with van der Waals surface area (Å²) in [7, 11) is 1.64. The molecule has 1 aliphatic carbocycles. The van der Waals surface area contributed by atoms with Gasteiger partial charge in [-0.3, -0.25) is 0 Å². The lowest BCUT2D eigenvalue weighted by Crippen LogP contribution is -2.12. The minimum Gasteiger partial charge on any atom is -0.481 e. The average molecular weight is 221 g/mol. The Morgan fingerprint density at radius 1 is 1.31 bits per heavy atom. The second-order valence-electron chi connectivity index (χ2n) is 4.33. The predicted octanol–water partition coefficient (Wildman–Crippen LogP) is 1.91. The molecule has 1 aliphatic rings. The van der Waals surface area contributed by atoms with Crippen molar-refractivity contribution < 1.29 is 4.74 Å². The Morgan fingerprint density at radius 3 is 2.56 bits per heavy atom. The number of hydrogen-bond acceptors (Lipinski definition) is 4. The first-order valence-electron chi connectivity index (χ1n) is 5.87. The van der Waals surface area contributed by atoms with Gasteiger partial charge in [-0.2, -0.15) is 4.98 Å². The molecule has 16 heavy (non-hydrogen) atoms. The molecule has 0 aromatic carbocycles. The molecule has 1 aromatic rings. The van der Waals surface area contributed by atoms with Crippen LogP contribution in [-0.4, -0.2) is 17.1 Å². The molecule has 0 atom stereocenters. The van der Waals surface area contributed by atoms with Crippen molar-refractivity contribution in [2.24, 2.45) is 5.73 Å². The Morgan fingerprint density at radius 2 is 2.00 bits per heavy atom. The maximum absolute atomic E-state index is 5.78. The largest absolute Gasteiger partial charge is 0.481 e. The van der Waals surface area contributed by atoms with Gasteiger partial charge in [0.1, 0.15) is 5.82 Å². The SMILES string of the molecule is COc1nc(C)nc(C2CCCC2)c1CN. The molecule has 0 spiro atoms. The molecule has 0 amide bonds. The quantitative estimate of drug-likeness (QED) is 0.847. The van der Waals surface area contributed by atoms with Gasteiger partial charge in [-0.1, -0.05) is 12.8 Å². The number of methoxy groups -OCH3 is 1. The maximum atomic E-state index is 5.78. The van der Waals surface area contributed by atoms with Gasteiger partial charge in [0.05, 0.1) is 12.8 Å². The van der Waals surface area contributed by atoms with E-state index in [2.05, 4.69) is 9.97 Å². The van der Waals surface area contributed by atoms with E-state index in [-0.39, 0.29) is 0 Å². The number of aromatic nitrogens is 2. The van der Waals surface area contributed by atoms with E-state index in [0.717, 1.165) is 17.1 Å². The van der Waals surface area contributed by atoms with E-state index in [1.807, 2.05) is 6.92 Å². The van der Waals surface area contributed by atoms with E-state index in [0.29, 0.717) is 18.3 Å². The van der Waals surface area contributed by atoms with Gasteiger partial charge in [0.15, 0.2) is 0 Å². The monoisotopic (exact) mass is 221 g/mol. The van der Waals surface area contributed by atoms with Crippen molar-refractivity contribution in [1.29, 1.82) is 0 Å². The molecule has 4 heteroatoms. The van der Waals surface area contributed by atoms with E-state index in [9.17, 15) is 0 Å². The van der Waals surface area contributed by atoms with Gasteiger partial charge in [0.2, 0.25) is 5.88 Å². The topological polar surface area (TPSA) is 61.0 Å². The highest BCUT2D eigenvalue weighted by Gasteiger charge is 2.23. The molecular formula is C12H19N3O. The molecule has 0 bridgehead atoms. The summed E-state index contributed by atoms with van der Waals surface area (Å²) in [6.45, 7) is 2.36. The van der Waals surface area contributed by atoms with Crippen molar-refractivity contribution >= 4 is 0 Å². The lowest BCUT2D eigenvalue weighted by molar-refractivity contribution is 0.387. The van der Waals surface area contributed by atoms with Crippen LogP contribution in [0.2, 0.25) is 0 Å². The normalized spacial score (nSPS) is 16.7. The molecule has 88 valence electrons. The van der Waals surface area contributed by atoms with Crippen molar-refractivity contribution in [3.05, 3.63) is 17.1 Å². The molecule has 1 aromatic heterocycles. The van der Waals surface area contributed by atoms with Gasteiger partial charge in [-0.15, -0.1) is 0 Å². The molecule has 0 saturated heterocycles. The fraction of sp³-hybridized carbons (Fsp3) is 0.667. The highest BCUT2D eigenvalue weighted by molar-refractivity contribution is 5.33. The lowest BCUT2D eigenvalue weighted by Gasteiger charge is -2.16. The molecular weight excluding hydrogens is 202 g/mol. The number of ether oxygens (including phenoxy) is 1. The average Bonchev–Trinajstić information content (AvgIpc) is 2.81. The molecule has 1 saturated carbocycles. The first-order valence-corrected chi connectivity index (χ1v) is 5.87. The van der Waals surface area contributed by atoms with Crippen molar-refractivity contribution in [3.8, 4) is 5.88 Å². The highest BCUT2D eigenvalue weighted by atomic mass is 16.5. The van der Waals surface area contributed by atoms with Crippen LogP contribution >= 0.6 is 0 Å². The third-order valence-electron chi connectivity index (χ3n) is 3.25. The van der Waals surface area contributed by atoms with Gasteiger partial charge < -0.3 is 10.5 Å². The Hall–Kier alpha value is -1.16. The fourth-order valence-electron chi connectivity index (χ4n) is 2.49. The number of hydrogen-bond donors (Lipinski definition) is 1. The number of nitrogens with zero attached hydrogens (tertiary/aromatic N) is 2. The molecule has 1 fully saturated rings. The fourth-order valence-corrected chi connectivity index (χ4v) is 2.49. The zero-order valence-corrected chi connectivity index (χ0v) is 9.99. The Bertz CT molecular complexity index is 373. The van der Waals surface area contributed by atoms with Crippen LogP contribution in [-0.2, 0) is 6.54 Å². The predicted molar refractivity (Wildman–Crippen MR) is 62.4 cm³/mol. The third-order valence-corrected chi connectivity index (χ3v) is 3.25. The van der Waals surface area contributed by atoms with E-state index >= 15 is 0 Å². The second kappa shape index (κ2) is 4.78. The summed E-state index contributed by atoms with van der Waals surface area (Å²) in [6, 6.07) is 0. The van der Waals surface area contributed by atoms with E-state index < -0.39 is 0 Å². The van der Waals surface area contributed by atoms with Gasteiger partial charge in [-0.25, -0.2) is 4.98 Å². The minimum atomic E-state index is 0.454. The van der Waals surface area contributed by atoms with Gasteiger partial charge >= 0.3 is 0 Å². The number of aryl methyl sites for hydroxylation is 1. The summed E-state index contributed by atoms with van der Waals surface area (Å²) in [6.07, 6.45) is 5.01. The van der Waals surface area contributed by atoms with Crippen molar-refractivity contribution in [2.75, 3.05) is 7.11 Å².